The highest BCUT2D eigenvalue weighted by molar-refractivity contribution is 5.70. The van der Waals surface area contributed by atoms with Crippen LogP contribution in [-0.4, -0.2) is 89.0 Å². The summed E-state index contributed by atoms with van der Waals surface area (Å²) in [6.07, 6.45) is 30.6. The Hall–Kier alpha value is -1.30. The van der Waals surface area contributed by atoms with Crippen molar-refractivity contribution in [2.45, 2.75) is 263 Å². The van der Waals surface area contributed by atoms with Crippen molar-refractivity contribution < 1.29 is 49.0 Å². The zero-order valence-corrected chi connectivity index (χ0v) is 36.2. The van der Waals surface area contributed by atoms with Crippen molar-refractivity contribution in [1.82, 2.24) is 0 Å². The molecule has 0 saturated carbocycles. The Morgan fingerprint density at radius 3 is 1.29 bits per heavy atom. The van der Waals surface area contributed by atoms with Crippen LogP contribution in [0.4, 0.5) is 0 Å². The van der Waals surface area contributed by atoms with Crippen LogP contribution < -0.4 is 0 Å². The van der Waals surface area contributed by atoms with E-state index in [0.29, 0.717) is 6.42 Å². The molecule has 0 spiro atoms. The number of rotatable bonds is 40. The van der Waals surface area contributed by atoms with Crippen molar-refractivity contribution in [3.63, 3.8) is 0 Å². The van der Waals surface area contributed by atoms with E-state index in [1.807, 2.05) is 0 Å². The minimum Gasteiger partial charge on any atom is -0.462 e. The normalized spacial score (nSPS) is 20.3. The van der Waals surface area contributed by atoms with Gasteiger partial charge in [-0.25, -0.2) is 0 Å². The number of carbonyl (C=O) groups excluding carboxylic acids is 2. The smallest absolute Gasteiger partial charge is 0.306 e. The van der Waals surface area contributed by atoms with E-state index in [1.165, 1.54) is 154 Å². The van der Waals surface area contributed by atoms with Crippen LogP contribution in [0, 0.1) is 0 Å². The molecular formula is C46H88O10. The second-order valence-corrected chi connectivity index (χ2v) is 16.6. The molecule has 0 aromatic rings. The predicted octanol–water partition coefficient (Wildman–Crippen LogP) is 10.2. The van der Waals surface area contributed by atoms with E-state index in [0.717, 1.165) is 38.5 Å². The fourth-order valence-corrected chi connectivity index (χ4v) is 7.48. The summed E-state index contributed by atoms with van der Waals surface area (Å²) in [5.74, 6) is -0.672. The molecule has 1 aliphatic rings. The lowest BCUT2D eigenvalue weighted by molar-refractivity contribution is -0.301. The van der Waals surface area contributed by atoms with Gasteiger partial charge in [0.2, 0.25) is 0 Å². The van der Waals surface area contributed by atoms with Gasteiger partial charge in [-0.3, -0.25) is 9.59 Å². The number of hydrogen-bond acceptors (Lipinski definition) is 10. The predicted molar refractivity (Wildman–Crippen MR) is 224 cm³/mol. The number of esters is 2. The third kappa shape index (κ3) is 29.0. The summed E-state index contributed by atoms with van der Waals surface area (Å²) < 4.78 is 22.3. The van der Waals surface area contributed by atoms with Crippen LogP contribution in [-0.2, 0) is 28.5 Å². The summed E-state index contributed by atoms with van der Waals surface area (Å²) in [7, 11) is 0. The average Bonchev–Trinajstić information content (AvgIpc) is 3.19. The van der Waals surface area contributed by atoms with Crippen LogP contribution in [0.1, 0.15) is 226 Å². The van der Waals surface area contributed by atoms with Gasteiger partial charge in [0.25, 0.3) is 0 Å². The first kappa shape index (κ1) is 52.7. The van der Waals surface area contributed by atoms with Gasteiger partial charge in [-0.15, -0.1) is 0 Å². The first-order valence-electron chi connectivity index (χ1n) is 23.6. The molecule has 0 aromatic heterocycles. The van der Waals surface area contributed by atoms with E-state index in [1.54, 1.807) is 0 Å². The van der Waals surface area contributed by atoms with Gasteiger partial charge in [0.1, 0.15) is 37.1 Å². The Morgan fingerprint density at radius 1 is 0.518 bits per heavy atom. The van der Waals surface area contributed by atoms with E-state index in [-0.39, 0.29) is 38.0 Å². The number of ether oxygens (including phenoxy) is 4. The maximum absolute atomic E-state index is 12.8. The van der Waals surface area contributed by atoms with Crippen molar-refractivity contribution in [1.29, 1.82) is 0 Å². The Labute approximate surface area is 342 Å². The SMILES string of the molecule is CCCCCCCCCCCCCCCCCC(=O)OCC(CCO[C@@H]1O[C@H](CO)[C@H](O)[C@H](O)[C@H]1O)OC(=O)CCCCCCCCCCCCCCCCC. The lowest BCUT2D eigenvalue weighted by atomic mass is 9.99. The zero-order chi connectivity index (χ0) is 40.9. The highest BCUT2D eigenvalue weighted by Gasteiger charge is 2.44. The van der Waals surface area contributed by atoms with E-state index in [9.17, 15) is 30.0 Å². The second kappa shape index (κ2) is 37.9. The Kier molecular flexibility index (Phi) is 35.7. The monoisotopic (exact) mass is 801 g/mol. The van der Waals surface area contributed by atoms with Crippen molar-refractivity contribution in [2.75, 3.05) is 19.8 Å². The highest BCUT2D eigenvalue weighted by Crippen LogP contribution is 2.23. The maximum Gasteiger partial charge on any atom is 0.306 e. The minimum absolute atomic E-state index is 0.0316. The van der Waals surface area contributed by atoms with Gasteiger partial charge in [-0.1, -0.05) is 194 Å². The molecule has 1 fully saturated rings. The molecule has 1 rings (SSSR count). The summed E-state index contributed by atoms with van der Waals surface area (Å²) in [4.78, 5) is 25.4. The molecule has 56 heavy (non-hydrogen) atoms. The van der Waals surface area contributed by atoms with Crippen LogP contribution in [0.25, 0.3) is 0 Å². The van der Waals surface area contributed by atoms with Crippen molar-refractivity contribution in [3.8, 4) is 0 Å². The number of unbranched alkanes of at least 4 members (excludes halogenated alkanes) is 28. The van der Waals surface area contributed by atoms with Gasteiger partial charge >= 0.3 is 11.9 Å². The van der Waals surface area contributed by atoms with Gasteiger partial charge in [-0.05, 0) is 12.8 Å². The third-order valence-electron chi connectivity index (χ3n) is 11.3. The fourth-order valence-electron chi connectivity index (χ4n) is 7.48. The number of carbonyl (C=O) groups is 2. The summed E-state index contributed by atoms with van der Waals surface area (Å²) in [6, 6.07) is 0. The molecule has 0 aromatic carbocycles. The van der Waals surface area contributed by atoms with Gasteiger partial charge in [0, 0.05) is 19.3 Å². The second-order valence-electron chi connectivity index (χ2n) is 16.6. The van der Waals surface area contributed by atoms with E-state index < -0.39 is 43.4 Å². The third-order valence-corrected chi connectivity index (χ3v) is 11.3. The van der Waals surface area contributed by atoms with Gasteiger partial charge in [0.15, 0.2) is 6.29 Å². The Balaban J connectivity index is 2.30. The van der Waals surface area contributed by atoms with Crippen LogP contribution >= 0.6 is 0 Å². The van der Waals surface area contributed by atoms with Crippen molar-refractivity contribution in [3.05, 3.63) is 0 Å². The van der Waals surface area contributed by atoms with E-state index in [4.69, 9.17) is 18.9 Å². The Morgan fingerprint density at radius 2 is 0.893 bits per heavy atom. The van der Waals surface area contributed by atoms with Crippen molar-refractivity contribution >= 4 is 11.9 Å². The molecule has 332 valence electrons. The summed E-state index contributed by atoms with van der Waals surface area (Å²) in [5, 5.41) is 39.9. The Bertz CT molecular complexity index is 886. The molecule has 10 nitrogen and oxygen atoms in total. The number of hydrogen-bond donors (Lipinski definition) is 4. The molecule has 0 bridgehead atoms. The zero-order valence-electron chi connectivity index (χ0n) is 36.2. The summed E-state index contributed by atoms with van der Waals surface area (Å²) >= 11 is 0. The fraction of sp³-hybridized carbons (Fsp3) is 0.957. The molecule has 0 amide bonds. The molecule has 6 atom stereocenters. The van der Waals surface area contributed by atoms with Gasteiger partial charge in [-0.2, -0.15) is 0 Å². The van der Waals surface area contributed by atoms with Crippen LogP contribution in [0.15, 0.2) is 0 Å². The number of aliphatic hydroxyl groups excluding tert-OH is 4. The van der Waals surface area contributed by atoms with Crippen molar-refractivity contribution in [2.24, 2.45) is 0 Å². The molecule has 1 aliphatic heterocycles. The molecule has 0 radical (unpaired) electrons. The molecule has 4 N–H and O–H groups in total. The standard InChI is InChI=1S/C46H88O10/c1-3-5-7-9-11-13-15-17-19-21-23-25-27-29-31-33-41(48)54-38-39(35-36-53-46-45(52)44(51)43(50)40(37-47)56-46)55-42(49)34-32-30-28-26-24-22-20-18-16-14-12-10-8-6-4-2/h39-40,43-47,50-52H,3-38H2,1-2H3/t39?,40-,43+,44+,45-,46-/m1/s1. The molecule has 1 unspecified atom stereocenters. The molecular weight excluding hydrogens is 712 g/mol. The maximum atomic E-state index is 12.8. The number of aliphatic hydroxyl groups is 4. The summed E-state index contributed by atoms with van der Waals surface area (Å²) in [6.45, 7) is 3.83. The van der Waals surface area contributed by atoms with Crippen LogP contribution in [0.2, 0.25) is 0 Å². The lowest BCUT2D eigenvalue weighted by Crippen LogP contribution is -2.59. The lowest BCUT2D eigenvalue weighted by Gasteiger charge is -2.39. The van der Waals surface area contributed by atoms with Crippen LogP contribution in [0.5, 0.6) is 0 Å². The van der Waals surface area contributed by atoms with Gasteiger partial charge < -0.3 is 39.4 Å². The minimum atomic E-state index is -1.55. The largest absolute Gasteiger partial charge is 0.462 e. The average molecular weight is 801 g/mol. The first-order chi connectivity index (χ1) is 27.3. The molecule has 0 aliphatic carbocycles. The first-order valence-corrected chi connectivity index (χ1v) is 23.6. The van der Waals surface area contributed by atoms with Crippen LogP contribution in [0.3, 0.4) is 0 Å². The topological polar surface area (TPSA) is 152 Å². The molecule has 1 saturated heterocycles. The molecule has 10 heteroatoms. The highest BCUT2D eigenvalue weighted by atomic mass is 16.7. The molecule has 1 heterocycles. The van der Waals surface area contributed by atoms with E-state index in [2.05, 4.69) is 13.8 Å². The van der Waals surface area contributed by atoms with E-state index >= 15 is 0 Å². The summed E-state index contributed by atoms with van der Waals surface area (Å²) in [5.41, 5.74) is 0. The quantitative estimate of drug-likeness (QED) is 0.0348. The van der Waals surface area contributed by atoms with Gasteiger partial charge in [0.05, 0.1) is 13.2 Å².